The van der Waals surface area contributed by atoms with E-state index in [9.17, 15) is 4.79 Å². The summed E-state index contributed by atoms with van der Waals surface area (Å²) in [5.74, 6) is 1.26. The lowest BCUT2D eigenvalue weighted by Crippen LogP contribution is -1.98. The summed E-state index contributed by atoms with van der Waals surface area (Å²) in [6.45, 7) is 0. The summed E-state index contributed by atoms with van der Waals surface area (Å²) in [6, 6.07) is 27.1. The number of carbonyl (C=O) groups is 1. The molecule has 0 aromatic heterocycles. The Kier molecular flexibility index (Phi) is 4.52. The van der Waals surface area contributed by atoms with Crippen molar-refractivity contribution in [3.8, 4) is 11.5 Å². The molecular formula is C23H18O3. The molecule has 0 aliphatic carbocycles. The van der Waals surface area contributed by atoms with Gasteiger partial charge in [0.1, 0.15) is 17.6 Å². The Hall–Kier alpha value is -3.33. The first-order chi connectivity index (χ1) is 12.8. The maximum atomic E-state index is 12.2. The second-order valence-electron chi connectivity index (χ2n) is 6.17. The van der Waals surface area contributed by atoms with Gasteiger partial charge in [0.15, 0.2) is 0 Å². The van der Waals surface area contributed by atoms with Crippen molar-refractivity contribution in [1.82, 2.24) is 0 Å². The van der Waals surface area contributed by atoms with Crippen LogP contribution < -0.4 is 4.74 Å². The zero-order valence-electron chi connectivity index (χ0n) is 14.2. The van der Waals surface area contributed by atoms with Crippen molar-refractivity contribution < 1.29 is 14.3 Å². The Morgan fingerprint density at radius 2 is 1.54 bits per heavy atom. The highest BCUT2D eigenvalue weighted by molar-refractivity contribution is 5.95. The molecule has 3 aromatic carbocycles. The van der Waals surface area contributed by atoms with Gasteiger partial charge in [0.25, 0.3) is 0 Å². The average molecular weight is 342 g/mol. The predicted molar refractivity (Wildman–Crippen MR) is 101 cm³/mol. The predicted octanol–water partition coefficient (Wildman–Crippen LogP) is 5.55. The molecule has 1 aliphatic rings. The van der Waals surface area contributed by atoms with Gasteiger partial charge in [0.2, 0.25) is 0 Å². The largest absolute Gasteiger partial charge is 0.457 e. The van der Waals surface area contributed by atoms with Crippen LogP contribution in [0.1, 0.15) is 23.7 Å². The number of esters is 1. The molecule has 1 heterocycles. The van der Waals surface area contributed by atoms with Crippen molar-refractivity contribution in [1.29, 1.82) is 0 Å². The molecule has 0 saturated carbocycles. The van der Waals surface area contributed by atoms with Crippen LogP contribution in [0.2, 0.25) is 0 Å². The van der Waals surface area contributed by atoms with Crippen LogP contribution >= 0.6 is 0 Å². The quantitative estimate of drug-likeness (QED) is 0.460. The van der Waals surface area contributed by atoms with E-state index in [-0.39, 0.29) is 12.1 Å². The molecule has 3 aromatic rings. The summed E-state index contributed by atoms with van der Waals surface area (Å²) in [6.07, 6.45) is 2.24. The molecule has 4 rings (SSSR count). The van der Waals surface area contributed by atoms with Crippen molar-refractivity contribution >= 4 is 12.0 Å². The number of rotatable bonds is 4. The zero-order chi connectivity index (χ0) is 17.8. The summed E-state index contributed by atoms with van der Waals surface area (Å²) in [7, 11) is 0. The molecule has 0 radical (unpaired) electrons. The van der Waals surface area contributed by atoms with Gasteiger partial charge in [0.05, 0.1) is 0 Å². The van der Waals surface area contributed by atoms with Gasteiger partial charge in [-0.05, 0) is 41.5 Å². The molecule has 3 heteroatoms. The van der Waals surface area contributed by atoms with Crippen LogP contribution in [0, 0.1) is 0 Å². The normalized spacial score (nSPS) is 17.9. The molecule has 26 heavy (non-hydrogen) atoms. The molecule has 0 spiro atoms. The molecule has 1 unspecified atom stereocenters. The number of ether oxygens (including phenoxy) is 2. The van der Waals surface area contributed by atoms with E-state index in [1.54, 1.807) is 0 Å². The van der Waals surface area contributed by atoms with Gasteiger partial charge in [0, 0.05) is 12.0 Å². The van der Waals surface area contributed by atoms with Gasteiger partial charge in [-0.25, -0.2) is 4.79 Å². The Morgan fingerprint density at radius 3 is 2.31 bits per heavy atom. The maximum absolute atomic E-state index is 12.2. The average Bonchev–Trinajstić information content (AvgIpc) is 3.04. The fourth-order valence-corrected chi connectivity index (χ4v) is 2.99. The lowest BCUT2D eigenvalue weighted by Gasteiger charge is -2.07. The van der Waals surface area contributed by atoms with Crippen molar-refractivity contribution in [2.24, 2.45) is 0 Å². The van der Waals surface area contributed by atoms with Gasteiger partial charge >= 0.3 is 5.97 Å². The van der Waals surface area contributed by atoms with Crippen molar-refractivity contribution in [2.75, 3.05) is 0 Å². The van der Waals surface area contributed by atoms with Crippen LogP contribution in [0.5, 0.6) is 11.5 Å². The Bertz CT molecular complexity index is 930. The third-order valence-corrected chi connectivity index (χ3v) is 4.27. The SMILES string of the molecule is O=C1OC(c2ccccc2)C/C1=C\c1cccc(Oc2ccccc2)c1. The Labute approximate surface area is 152 Å². The van der Waals surface area contributed by atoms with Crippen molar-refractivity contribution in [2.45, 2.75) is 12.5 Å². The lowest BCUT2D eigenvalue weighted by atomic mass is 10.0. The summed E-state index contributed by atoms with van der Waals surface area (Å²) in [5, 5.41) is 0. The molecule has 1 saturated heterocycles. The molecule has 128 valence electrons. The topological polar surface area (TPSA) is 35.5 Å². The van der Waals surface area contributed by atoms with Crippen LogP contribution in [-0.2, 0) is 9.53 Å². The molecule has 0 bridgehead atoms. The highest BCUT2D eigenvalue weighted by Crippen LogP contribution is 2.34. The lowest BCUT2D eigenvalue weighted by molar-refractivity contribution is -0.139. The van der Waals surface area contributed by atoms with Crippen LogP contribution in [0.25, 0.3) is 6.08 Å². The monoisotopic (exact) mass is 342 g/mol. The second-order valence-corrected chi connectivity index (χ2v) is 6.17. The molecule has 0 amide bonds. The van der Waals surface area contributed by atoms with Crippen LogP contribution in [-0.4, -0.2) is 5.97 Å². The third kappa shape index (κ3) is 3.67. The molecule has 3 nitrogen and oxygen atoms in total. The first kappa shape index (κ1) is 16.2. The van der Waals surface area contributed by atoms with Crippen LogP contribution in [0.15, 0.2) is 90.5 Å². The fraction of sp³-hybridized carbons (Fsp3) is 0.0870. The molecule has 0 N–H and O–H groups in total. The highest BCUT2D eigenvalue weighted by Gasteiger charge is 2.29. The van der Waals surface area contributed by atoms with Gasteiger partial charge in [-0.1, -0.05) is 60.7 Å². The molecule has 1 aliphatic heterocycles. The van der Waals surface area contributed by atoms with Gasteiger partial charge in [-0.15, -0.1) is 0 Å². The molecular weight excluding hydrogens is 324 g/mol. The Balaban J connectivity index is 1.53. The van der Waals surface area contributed by atoms with Crippen LogP contribution in [0.3, 0.4) is 0 Å². The summed E-state index contributed by atoms with van der Waals surface area (Å²) >= 11 is 0. The van der Waals surface area contributed by atoms with E-state index in [1.807, 2.05) is 91.0 Å². The number of hydrogen-bond acceptors (Lipinski definition) is 3. The number of para-hydroxylation sites is 1. The van der Waals surface area contributed by atoms with Crippen molar-refractivity contribution in [3.63, 3.8) is 0 Å². The smallest absolute Gasteiger partial charge is 0.334 e. The number of benzene rings is 3. The van der Waals surface area contributed by atoms with Gasteiger partial charge < -0.3 is 9.47 Å². The van der Waals surface area contributed by atoms with E-state index in [4.69, 9.17) is 9.47 Å². The van der Waals surface area contributed by atoms with Crippen molar-refractivity contribution in [3.05, 3.63) is 102 Å². The number of cyclic esters (lactones) is 1. The Morgan fingerprint density at radius 1 is 0.846 bits per heavy atom. The summed E-state index contributed by atoms with van der Waals surface area (Å²) in [4.78, 5) is 12.2. The van der Waals surface area contributed by atoms with E-state index < -0.39 is 0 Å². The van der Waals surface area contributed by atoms with Gasteiger partial charge in [-0.3, -0.25) is 0 Å². The van der Waals surface area contributed by atoms with E-state index in [1.165, 1.54) is 0 Å². The van der Waals surface area contributed by atoms with E-state index >= 15 is 0 Å². The second kappa shape index (κ2) is 7.28. The zero-order valence-corrected chi connectivity index (χ0v) is 14.2. The van der Waals surface area contributed by atoms with Crippen LogP contribution in [0.4, 0.5) is 0 Å². The number of hydrogen-bond donors (Lipinski definition) is 0. The highest BCUT2D eigenvalue weighted by atomic mass is 16.5. The first-order valence-electron chi connectivity index (χ1n) is 8.57. The fourth-order valence-electron chi connectivity index (χ4n) is 2.99. The van der Waals surface area contributed by atoms with E-state index in [0.717, 1.165) is 22.6 Å². The summed E-state index contributed by atoms with van der Waals surface area (Å²) < 4.78 is 11.4. The van der Waals surface area contributed by atoms with E-state index in [0.29, 0.717) is 12.0 Å². The number of carbonyl (C=O) groups excluding carboxylic acids is 1. The molecule has 1 fully saturated rings. The summed E-state index contributed by atoms with van der Waals surface area (Å²) in [5.41, 5.74) is 2.61. The minimum atomic E-state index is -0.256. The standard InChI is InChI=1S/C23H18O3/c24-23-19(16-22(26-23)18-9-3-1-4-10-18)14-17-8-7-13-21(15-17)25-20-11-5-2-6-12-20/h1-15,22H,16H2/b19-14+. The maximum Gasteiger partial charge on any atom is 0.334 e. The minimum absolute atomic E-state index is 0.210. The third-order valence-electron chi connectivity index (χ3n) is 4.27. The first-order valence-corrected chi connectivity index (χ1v) is 8.57. The van der Waals surface area contributed by atoms with Gasteiger partial charge in [-0.2, -0.15) is 0 Å². The molecule has 1 atom stereocenters. The van der Waals surface area contributed by atoms with E-state index in [2.05, 4.69) is 0 Å². The minimum Gasteiger partial charge on any atom is -0.457 e.